The minimum absolute atomic E-state index is 0.305. The third kappa shape index (κ3) is 3.45. The fraction of sp³-hybridized carbons (Fsp3) is 0.105. The molecule has 28 heavy (non-hydrogen) atoms. The molecule has 2 heterocycles. The summed E-state index contributed by atoms with van der Waals surface area (Å²) in [4.78, 5) is 12.6. The van der Waals surface area contributed by atoms with E-state index in [9.17, 15) is 4.79 Å². The second-order valence-electron chi connectivity index (χ2n) is 6.00. The van der Waals surface area contributed by atoms with Crippen molar-refractivity contribution in [2.24, 2.45) is 7.05 Å². The predicted octanol–water partition coefficient (Wildman–Crippen LogP) is 2.32. The van der Waals surface area contributed by atoms with Crippen LogP contribution in [0.1, 0.15) is 10.5 Å². The van der Waals surface area contributed by atoms with Crippen molar-refractivity contribution < 1.29 is 9.53 Å². The van der Waals surface area contributed by atoms with E-state index in [1.165, 1.54) is 0 Å². The van der Waals surface area contributed by atoms with Crippen LogP contribution >= 0.6 is 0 Å². The van der Waals surface area contributed by atoms with Gasteiger partial charge in [0.25, 0.3) is 5.91 Å². The highest BCUT2D eigenvalue weighted by Gasteiger charge is 2.12. The summed E-state index contributed by atoms with van der Waals surface area (Å²) in [5.74, 6) is 1.06. The first-order valence-electron chi connectivity index (χ1n) is 8.48. The number of hydrogen-bond donors (Lipinski definition) is 1. The Kier molecular flexibility index (Phi) is 4.55. The fourth-order valence-corrected chi connectivity index (χ4v) is 2.73. The van der Waals surface area contributed by atoms with E-state index in [2.05, 4.69) is 25.9 Å². The standard InChI is InChI=1S/C19H17N7O2/c1-25-18(21-23-24-25)13-4-3-5-14(12-13)20-19(27)17-10-11-26(22-17)15-6-8-16(28-2)9-7-15/h3-12H,1-2H3,(H,20,27). The van der Waals surface area contributed by atoms with Gasteiger partial charge in [0.1, 0.15) is 5.75 Å². The highest BCUT2D eigenvalue weighted by atomic mass is 16.5. The summed E-state index contributed by atoms with van der Waals surface area (Å²) < 4.78 is 8.35. The zero-order valence-corrected chi connectivity index (χ0v) is 15.3. The largest absolute Gasteiger partial charge is 0.497 e. The Bertz CT molecular complexity index is 1120. The Morgan fingerprint density at radius 3 is 2.64 bits per heavy atom. The van der Waals surface area contributed by atoms with Crippen LogP contribution in [-0.4, -0.2) is 43.0 Å². The van der Waals surface area contributed by atoms with E-state index in [-0.39, 0.29) is 5.91 Å². The van der Waals surface area contributed by atoms with Crippen LogP contribution in [0.15, 0.2) is 60.8 Å². The number of methoxy groups -OCH3 is 1. The molecule has 4 aromatic rings. The quantitative estimate of drug-likeness (QED) is 0.575. The molecule has 0 aliphatic heterocycles. The number of anilines is 1. The normalized spacial score (nSPS) is 10.6. The molecular formula is C19H17N7O2. The van der Waals surface area contributed by atoms with Gasteiger partial charge in [-0.15, -0.1) is 5.10 Å². The van der Waals surface area contributed by atoms with Crippen molar-refractivity contribution in [2.45, 2.75) is 0 Å². The summed E-state index contributed by atoms with van der Waals surface area (Å²) in [6.45, 7) is 0. The molecule has 0 aliphatic rings. The Hall–Kier alpha value is -4.01. The van der Waals surface area contributed by atoms with Gasteiger partial charge in [-0.1, -0.05) is 12.1 Å². The molecule has 1 amide bonds. The second-order valence-corrected chi connectivity index (χ2v) is 6.00. The van der Waals surface area contributed by atoms with Crippen LogP contribution in [0.4, 0.5) is 5.69 Å². The first-order chi connectivity index (χ1) is 13.6. The number of benzene rings is 2. The number of ether oxygens (including phenoxy) is 1. The molecule has 140 valence electrons. The molecule has 2 aromatic carbocycles. The van der Waals surface area contributed by atoms with Gasteiger partial charge in [0, 0.05) is 24.5 Å². The summed E-state index contributed by atoms with van der Waals surface area (Å²) >= 11 is 0. The van der Waals surface area contributed by atoms with E-state index in [0.717, 1.165) is 17.0 Å². The number of aromatic nitrogens is 6. The maximum absolute atomic E-state index is 12.6. The topological polar surface area (TPSA) is 99.7 Å². The zero-order chi connectivity index (χ0) is 19.5. The first-order valence-corrected chi connectivity index (χ1v) is 8.48. The first kappa shape index (κ1) is 17.4. The molecule has 0 fully saturated rings. The van der Waals surface area contributed by atoms with Crippen molar-refractivity contribution in [2.75, 3.05) is 12.4 Å². The Morgan fingerprint density at radius 1 is 1.11 bits per heavy atom. The lowest BCUT2D eigenvalue weighted by Crippen LogP contribution is -2.13. The molecule has 0 saturated heterocycles. The smallest absolute Gasteiger partial charge is 0.276 e. The van der Waals surface area contributed by atoms with Gasteiger partial charge in [0.2, 0.25) is 0 Å². The van der Waals surface area contributed by atoms with Crippen LogP contribution in [-0.2, 0) is 7.05 Å². The summed E-state index contributed by atoms with van der Waals surface area (Å²) in [5.41, 5.74) is 2.57. The van der Waals surface area contributed by atoms with E-state index in [1.54, 1.807) is 41.9 Å². The maximum atomic E-state index is 12.6. The number of rotatable bonds is 5. The average molecular weight is 375 g/mol. The number of amides is 1. The minimum atomic E-state index is -0.305. The third-order valence-electron chi connectivity index (χ3n) is 4.16. The van der Waals surface area contributed by atoms with Crippen molar-refractivity contribution in [3.8, 4) is 22.8 Å². The van der Waals surface area contributed by atoms with Gasteiger partial charge < -0.3 is 10.1 Å². The lowest BCUT2D eigenvalue weighted by atomic mass is 10.2. The summed E-state index contributed by atoms with van der Waals surface area (Å²) in [7, 11) is 3.37. The highest BCUT2D eigenvalue weighted by Crippen LogP contribution is 2.20. The van der Waals surface area contributed by atoms with Gasteiger partial charge in [-0.05, 0) is 52.9 Å². The molecule has 0 unspecified atom stereocenters. The van der Waals surface area contributed by atoms with Crippen LogP contribution in [0.3, 0.4) is 0 Å². The van der Waals surface area contributed by atoms with Crippen LogP contribution in [0.25, 0.3) is 17.1 Å². The molecule has 0 bridgehead atoms. The summed E-state index contributed by atoms with van der Waals surface area (Å²) in [6.07, 6.45) is 1.73. The lowest BCUT2D eigenvalue weighted by molar-refractivity contribution is 0.102. The zero-order valence-electron chi connectivity index (χ0n) is 15.3. The fourth-order valence-electron chi connectivity index (χ4n) is 2.73. The number of nitrogens with one attached hydrogen (secondary N) is 1. The van der Waals surface area contributed by atoms with Crippen LogP contribution in [0, 0.1) is 0 Å². The van der Waals surface area contributed by atoms with E-state index in [1.807, 2.05) is 42.5 Å². The van der Waals surface area contributed by atoms with Gasteiger partial charge >= 0.3 is 0 Å². The third-order valence-corrected chi connectivity index (χ3v) is 4.16. The second kappa shape index (κ2) is 7.31. The van der Waals surface area contributed by atoms with Gasteiger partial charge in [-0.3, -0.25) is 4.79 Å². The maximum Gasteiger partial charge on any atom is 0.276 e. The van der Waals surface area contributed by atoms with Crippen LogP contribution < -0.4 is 10.1 Å². The molecule has 2 aromatic heterocycles. The van der Waals surface area contributed by atoms with Crippen molar-refractivity contribution >= 4 is 11.6 Å². The van der Waals surface area contributed by atoms with Crippen molar-refractivity contribution in [3.05, 3.63) is 66.5 Å². The van der Waals surface area contributed by atoms with Gasteiger partial charge in [0.15, 0.2) is 11.5 Å². The number of carbonyl (C=O) groups excluding carboxylic acids is 1. The molecule has 0 saturated carbocycles. The van der Waals surface area contributed by atoms with Crippen molar-refractivity contribution in [1.82, 2.24) is 30.0 Å². The van der Waals surface area contributed by atoms with Crippen LogP contribution in [0.2, 0.25) is 0 Å². The average Bonchev–Trinajstić information content (AvgIpc) is 3.38. The minimum Gasteiger partial charge on any atom is -0.497 e. The summed E-state index contributed by atoms with van der Waals surface area (Å²) in [5, 5.41) is 18.6. The van der Waals surface area contributed by atoms with Crippen LogP contribution in [0.5, 0.6) is 5.75 Å². The Balaban J connectivity index is 1.51. The van der Waals surface area contributed by atoms with E-state index in [0.29, 0.717) is 17.2 Å². The van der Waals surface area contributed by atoms with Crippen molar-refractivity contribution in [1.29, 1.82) is 0 Å². The molecule has 0 atom stereocenters. The Morgan fingerprint density at radius 2 is 1.93 bits per heavy atom. The lowest BCUT2D eigenvalue weighted by Gasteiger charge is -2.06. The molecule has 9 nitrogen and oxygen atoms in total. The molecule has 0 spiro atoms. The number of hydrogen-bond acceptors (Lipinski definition) is 6. The monoisotopic (exact) mass is 375 g/mol. The number of carbonyl (C=O) groups is 1. The predicted molar refractivity (Wildman–Crippen MR) is 102 cm³/mol. The summed E-state index contributed by atoms with van der Waals surface area (Å²) in [6, 6.07) is 16.4. The molecule has 4 rings (SSSR count). The molecule has 0 radical (unpaired) electrons. The van der Waals surface area contributed by atoms with Gasteiger partial charge in [0.05, 0.1) is 12.8 Å². The molecule has 1 N–H and O–H groups in total. The Labute approximate surface area is 160 Å². The molecule has 0 aliphatic carbocycles. The number of tetrazole rings is 1. The highest BCUT2D eigenvalue weighted by molar-refractivity contribution is 6.03. The SMILES string of the molecule is COc1ccc(-n2ccc(C(=O)Nc3cccc(-c4nnnn4C)c3)n2)cc1. The van der Waals surface area contributed by atoms with Gasteiger partial charge in [-0.2, -0.15) is 5.10 Å². The molecular weight excluding hydrogens is 358 g/mol. The van der Waals surface area contributed by atoms with E-state index in [4.69, 9.17) is 4.74 Å². The molecule has 9 heteroatoms. The van der Waals surface area contributed by atoms with E-state index < -0.39 is 0 Å². The van der Waals surface area contributed by atoms with Gasteiger partial charge in [-0.25, -0.2) is 9.36 Å². The van der Waals surface area contributed by atoms with E-state index >= 15 is 0 Å². The number of nitrogens with zero attached hydrogens (tertiary/aromatic N) is 6. The number of aryl methyl sites for hydroxylation is 1. The van der Waals surface area contributed by atoms with Crippen molar-refractivity contribution in [3.63, 3.8) is 0 Å².